The third kappa shape index (κ3) is 3.29. The lowest BCUT2D eigenvalue weighted by molar-refractivity contribution is -0.145. The molecule has 0 aliphatic carbocycles. The SMILES string of the molecule is CC1Oc2ccccc2OC1C(=O)N(C)C(C)c1ccc(F)c(F)c1. The summed E-state index contributed by atoms with van der Waals surface area (Å²) in [6, 6.07) is 10.3. The Morgan fingerprint density at radius 2 is 1.72 bits per heavy atom. The van der Waals surface area contributed by atoms with Gasteiger partial charge >= 0.3 is 0 Å². The van der Waals surface area contributed by atoms with E-state index in [0.29, 0.717) is 17.1 Å². The normalized spacial score (nSPS) is 20.0. The lowest BCUT2D eigenvalue weighted by Gasteiger charge is -2.35. The summed E-state index contributed by atoms with van der Waals surface area (Å²) in [4.78, 5) is 14.3. The first-order valence-corrected chi connectivity index (χ1v) is 8.02. The third-order valence-corrected chi connectivity index (χ3v) is 4.44. The van der Waals surface area contributed by atoms with E-state index < -0.39 is 29.9 Å². The van der Waals surface area contributed by atoms with Crippen molar-refractivity contribution in [3.63, 3.8) is 0 Å². The van der Waals surface area contributed by atoms with E-state index in [2.05, 4.69) is 0 Å². The molecule has 0 aromatic heterocycles. The van der Waals surface area contributed by atoms with E-state index in [1.54, 1.807) is 39.1 Å². The molecule has 0 spiro atoms. The van der Waals surface area contributed by atoms with Crippen LogP contribution >= 0.6 is 0 Å². The maximum atomic E-state index is 13.5. The maximum absolute atomic E-state index is 13.5. The molecule has 6 heteroatoms. The molecule has 0 saturated carbocycles. The summed E-state index contributed by atoms with van der Waals surface area (Å²) in [5.74, 6) is -1.05. The van der Waals surface area contributed by atoms with Gasteiger partial charge in [0, 0.05) is 7.05 Å². The monoisotopic (exact) mass is 347 g/mol. The molecular formula is C19H19F2NO3. The Morgan fingerprint density at radius 1 is 1.08 bits per heavy atom. The molecule has 0 N–H and O–H groups in total. The van der Waals surface area contributed by atoms with E-state index in [9.17, 15) is 13.6 Å². The Labute approximate surface area is 145 Å². The number of para-hydroxylation sites is 2. The van der Waals surface area contributed by atoms with Gasteiger partial charge in [-0.1, -0.05) is 18.2 Å². The van der Waals surface area contributed by atoms with Gasteiger partial charge in [0.1, 0.15) is 6.10 Å². The number of halogens is 2. The van der Waals surface area contributed by atoms with Crippen molar-refractivity contribution < 1.29 is 23.0 Å². The van der Waals surface area contributed by atoms with Gasteiger partial charge in [-0.25, -0.2) is 8.78 Å². The van der Waals surface area contributed by atoms with Crippen LogP contribution in [-0.4, -0.2) is 30.1 Å². The minimum absolute atomic E-state index is 0.292. The summed E-state index contributed by atoms with van der Waals surface area (Å²) >= 11 is 0. The fraction of sp³-hybridized carbons (Fsp3) is 0.316. The third-order valence-electron chi connectivity index (χ3n) is 4.44. The fourth-order valence-electron chi connectivity index (χ4n) is 2.78. The van der Waals surface area contributed by atoms with Crippen molar-refractivity contribution in [3.8, 4) is 11.5 Å². The second-order valence-electron chi connectivity index (χ2n) is 6.11. The average molecular weight is 347 g/mol. The van der Waals surface area contributed by atoms with Gasteiger partial charge in [-0.15, -0.1) is 0 Å². The molecular weight excluding hydrogens is 328 g/mol. The van der Waals surface area contributed by atoms with Crippen LogP contribution in [0.15, 0.2) is 42.5 Å². The molecule has 25 heavy (non-hydrogen) atoms. The van der Waals surface area contributed by atoms with Crippen molar-refractivity contribution in [1.82, 2.24) is 4.90 Å². The number of carbonyl (C=O) groups excluding carboxylic acids is 1. The van der Waals surface area contributed by atoms with Crippen LogP contribution < -0.4 is 9.47 Å². The molecule has 3 unspecified atom stereocenters. The zero-order valence-corrected chi connectivity index (χ0v) is 14.2. The zero-order valence-electron chi connectivity index (χ0n) is 14.2. The highest BCUT2D eigenvalue weighted by molar-refractivity contribution is 5.82. The van der Waals surface area contributed by atoms with Crippen LogP contribution in [0.25, 0.3) is 0 Å². The zero-order chi connectivity index (χ0) is 18.1. The highest BCUT2D eigenvalue weighted by atomic mass is 19.2. The molecule has 4 nitrogen and oxygen atoms in total. The van der Waals surface area contributed by atoms with Gasteiger partial charge in [-0.2, -0.15) is 0 Å². The molecule has 2 aromatic rings. The van der Waals surface area contributed by atoms with Gasteiger partial charge in [-0.3, -0.25) is 4.79 Å². The van der Waals surface area contributed by atoms with Crippen molar-refractivity contribution in [1.29, 1.82) is 0 Å². The van der Waals surface area contributed by atoms with Gasteiger partial charge in [0.25, 0.3) is 5.91 Å². The van der Waals surface area contributed by atoms with E-state index in [1.807, 2.05) is 6.07 Å². The average Bonchev–Trinajstić information content (AvgIpc) is 2.61. The number of fused-ring (bicyclic) bond motifs is 1. The van der Waals surface area contributed by atoms with Gasteiger partial charge < -0.3 is 14.4 Å². The van der Waals surface area contributed by atoms with Crippen LogP contribution in [0.2, 0.25) is 0 Å². The molecule has 2 aromatic carbocycles. The molecule has 1 heterocycles. The molecule has 0 radical (unpaired) electrons. The molecule has 1 amide bonds. The first-order valence-electron chi connectivity index (χ1n) is 8.02. The fourth-order valence-corrected chi connectivity index (χ4v) is 2.78. The highest BCUT2D eigenvalue weighted by Crippen LogP contribution is 2.34. The quantitative estimate of drug-likeness (QED) is 0.850. The molecule has 1 aliphatic heterocycles. The maximum Gasteiger partial charge on any atom is 0.267 e. The highest BCUT2D eigenvalue weighted by Gasteiger charge is 2.37. The second-order valence-corrected chi connectivity index (χ2v) is 6.11. The molecule has 132 valence electrons. The van der Waals surface area contributed by atoms with E-state index in [1.165, 1.54) is 11.0 Å². The van der Waals surface area contributed by atoms with Crippen LogP contribution in [0.5, 0.6) is 11.5 Å². The number of benzene rings is 2. The van der Waals surface area contributed by atoms with Crippen molar-refractivity contribution in [2.24, 2.45) is 0 Å². The summed E-state index contributed by atoms with van der Waals surface area (Å²) in [6.07, 6.45) is -1.28. The second kappa shape index (κ2) is 6.70. The minimum Gasteiger partial charge on any atom is -0.482 e. The van der Waals surface area contributed by atoms with E-state index in [0.717, 1.165) is 12.1 Å². The Kier molecular flexibility index (Phi) is 4.61. The van der Waals surface area contributed by atoms with Crippen molar-refractivity contribution in [3.05, 3.63) is 59.7 Å². The Morgan fingerprint density at radius 3 is 2.36 bits per heavy atom. The molecule has 3 rings (SSSR count). The first kappa shape index (κ1) is 17.2. The van der Waals surface area contributed by atoms with E-state index in [4.69, 9.17) is 9.47 Å². The molecule has 1 aliphatic rings. The standard InChI is InChI=1S/C19H19F2NO3/c1-11(13-8-9-14(20)15(21)10-13)22(3)19(23)18-12(2)24-16-6-4-5-7-17(16)25-18/h4-12,18H,1-3H3. The van der Waals surface area contributed by atoms with Gasteiger partial charge in [-0.05, 0) is 43.7 Å². The summed E-state index contributed by atoms with van der Waals surface area (Å²) in [6.45, 7) is 3.50. The summed E-state index contributed by atoms with van der Waals surface area (Å²) < 4.78 is 38.1. The van der Waals surface area contributed by atoms with Crippen LogP contribution in [0.4, 0.5) is 8.78 Å². The van der Waals surface area contributed by atoms with Crippen LogP contribution in [0.3, 0.4) is 0 Å². The van der Waals surface area contributed by atoms with Crippen LogP contribution in [0.1, 0.15) is 25.5 Å². The number of hydrogen-bond acceptors (Lipinski definition) is 3. The lowest BCUT2D eigenvalue weighted by Crippen LogP contribution is -2.50. The Hall–Kier alpha value is -2.63. The van der Waals surface area contributed by atoms with Gasteiger partial charge in [0.2, 0.25) is 6.10 Å². The summed E-state index contributed by atoms with van der Waals surface area (Å²) in [5.41, 5.74) is 0.500. The topological polar surface area (TPSA) is 38.8 Å². The predicted octanol–water partition coefficient (Wildman–Crippen LogP) is 3.71. The largest absolute Gasteiger partial charge is 0.482 e. The number of amides is 1. The van der Waals surface area contributed by atoms with Crippen molar-refractivity contribution in [2.75, 3.05) is 7.05 Å². The minimum atomic E-state index is -0.940. The lowest BCUT2D eigenvalue weighted by atomic mass is 10.1. The summed E-state index contributed by atoms with van der Waals surface area (Å²) in [7, 11) is 1.60. The van der Waals surface area contributed by atoms with Crippen LogP contribution in [0, 0.1) is 11.6 Å². The number of likely N-dealkylation sites (N-methyl/N-ethyl adjacent to an activating group) is 1. The molecule has 0 bridgehead atoms. The van der Waals surface area contributed by atoms with Gasteiger partial charge in [0.15, 0.2) is 23.1 Å². The number of rotatable bonds is 3. The number of hydrogen-bond donors (Lipinski definition) is 0. The first-order chi connectivity index (χ1) is 11.9. The number of carbonyl (C=O) groups is 1. The smallest absolute Gasteiger partial charge is 0.267 e. The number of ether oxygens (including phenoxy) is 2. The van der Waals surface area contributed by atoms with E-state index in [-0.39, 0.29) is 5.91 Å². The Bertz CT molecular complexity index is 796. The number of nitrogens with zero attached hydrogens (tertiary/aromatic N) is 1. The van der Waals surface area contributed by atoms with Crippen LogP contribution in [-0.2, 0) is 4.79 Å². The van der Waals surface area contributed by atoms with Gasteiger partial charge in [0.05, 0.1) is 6.04 Å². The predicted molar refractivity (Wildman–Crippen MR) is 88.5 cm³/mol. The molecule has 3 atom stereocenters. The molecule has 0 fully saturated rings. The van der Waals surface area contributed by atoms with Crippen molar-refractivity contribution in [2.45, 2.75) is 32.1 Å². The Balaban J connectivity index is 1.79. The summed E-state index contributed by atoms with van der Waals surface area (Å²) in [5, 5.41) is 0. The van der Waals surface area contributed by atoms with Crippen molar-refractivity contribution >= 4 is 5.91 Å². The molecule has 0 saturated heterocycles. The van der Waals surface area contributed by atoms with E-state index >= 15 is 0 Å².